The first-order valence-corrected chi connectivity index (χ1v) is 8.46. The van der Waals surface area contributed by atoms with E-state index in [0.717, 1.165) is 11.3 Å². The molecule has 1 atom stereocenters. The lowest BCUT2D eigenvalue weighted by molar-refractivity contribution is -0.118. The zero-order valence-corrected chi connectivity index (χ0v) is 14.0. The van der Waals surface area contributed by atoms with E-state index >= 15 is 0 Å². The van der Waals surface area contributed by atoms with Crippen LogP contribution in [0.3, 0.4) is 0 Å². The lowest BCUT2D eigenvalue weighted by atomic mass is 10.1. The van der Waals surface area contributed by atoms with Gasteiger partial charge in [0.1, 0.15) is 11.5 Å². The van der Waals surface area contributed by atoms with E-state index in [1.807, 2.05) is 31.2 Å². The number of amidine groups is 1. The van der Waals surface area contributed by atoms with E-state index in [4.69, 9.17) is 9.15 Å². The van der Waals surface area contributed by atoms with Gasteiger partial charge in [-0.15, -0.1) is 5.10 Å². The Bertz CT molecular complexity index is 739. The second-order valence-corrected chi connectivity index (χ2v) is 6.23. The molecule has 1 saturated heterocycles. The van der Waals surface area contributed by atoms with Gasteiger partial charge in [0, 0.05) is 0 Å². The molecular weight excluding hydrogens is 326 g/mol. The van der Waals surface area contributed by atoms with Crippen LogP contribution in [0, 0.1) is 0 Å². The Morgan fingerprint density at radius 1 is 1.33 bits per heavy atom. The van der Waals surface area contributed by atoms with Gasteiger partial charge in [-0.3, -0.25) is 4.79 Å². The normalized spacial score (nSPS) is 19.1. The van der Waals surface area contributed by atoms with Gasteiger partial charge in [0.25, 0.3) is 0 Å². The number of nitrogens with zero attached hydrogens (tertiary/aromatic N) is 2. The number of thioether (sulfide) groups is 1. The molecule has 2 heterocycles. The van der Waals surface area contributed by atoms with Crippen LogP contribution < -0.4 is 10.1 Å². The van der Waals surface area contributed by atoms with Crippen molar-refractivity contribution >= 4 is 29.1 Å². The molecule has 1 amide bonds. The van der Waals surface area contributed by atoms with Gasteiger partial charge >= 0.3 is 0 Å². The molecule has 0 saturated carbocycles. The predicted octanol–water partition coefficient (Wildman–Crippen LogP) is 2.84. The fourth-order valence-corrected chi connectivity index (χ4v) is 3.16. The lowest BCUT2D eigenvalue weighted by Crippen LogP contribution is -2.25. The molecule has 2 aromatic rings. The van der Waals surface area contributed by atoms with E-state index in [0.29, 0.717) is 24.0 Å². The van der Waals surface area contributed by atoms with Gasteiger partial charge in [-0.25, -0.2) is 0 Å². The highest BCUT2D eigenvalue weighted by atomic mass is 32.2. The maximum Gasteiger partial charge on any atom is 0.239 e. The molecule has 1 aromatic carbocycles. The van der Waals surface area contributed by atoms with Crippen LogP contribution in [-0.2, 0) is 11.2 Å². The van der Waals surface area contributed by atoms with Crippen LogP contribution in [0.5, 0.6) is 5.75 Å². The van der Waals surface area contributed by atoms with Crippen LogP contribution in [0.25, 0.3) is 0 Å². The molecule has 1 unspecified atom stereocenters. The number of amides is 1. The van der Waals surface area contributed by atoms with Crippen molar-refractivity contribution in [1.82, 2.24) is 5.32 Å². The van der Waals surface area contributed by atoms with E-state index < -0.39 is 0 Å². The molecule has 0 radical (unpaired) electrons. The molecule has 6 nitrogen and oxygen atoms in total. The van der Waals surface area contributed by atoms with Gasteiger partial charge in [-0.05, 0) is 43.2 Å². The fourth-order valence-electron chi connectivity index (χ4n) is 2.19. The molecule has 24 heavy (non-hydrogen) atoms. The van der Waals surface area contributed by atoms with Crippen LogP contribution in [0.2, 0.25) is 0 Å². The van der Waals surface area contributed by atoms with E-state index in [1.165, 1.54) is 18.0 Å². The molecule has 1 aliphatic heterocycles. The predicted molar refractivity (Wildman–Crippen MR) is 94.6 cm³/mol. The molecule has 0 aliphatic carbocycles. The number of nitrogens with one attached hydrogen (secondary N) is 1. The van der Waals surface area contributed by atoms with Crippen molar-refractivity contribution in [1.29, 1.82) is 0 Å². The van der Waals surface area contributed by atoms with Gasteiger partial charge in [0.15, 0.2) is 5.17 Å². The molecule has 0 spiro atoms. The number of carbonyl (C=O) groups excluding carboxylic acids is 1. The summed E-state index contributed by atoms with van der Waals surface area (Å²) in [5, 5.41) is 11.0. The minimum absolute atomic E-state index is 0.0548. The summed E-state index contributed by atoms with van der Waals surface area (Å²) >= 11 is 1.38. The second-order valence-electron chi connectivity index (χ2n) is 5.04. The number of benzene rings is 1. The Hall–Kier alpha value is -2.54. The number of ether oxygens (including phenoxy) is 1. The first-order valence-electron chi connectivity index (χ1n) is 7.58. The summed E-state index contributed by atoms with van der Waals surface area (Å²) in [5.41, 5.74) is 1.08. The highest BCUT2D eigenvalue weighted by Gasteiger charge is 2.30. The molecule has 1 N–H and O–H groups in total. The molecule has 1 aromatic heterocycles. The van der Waals surface area contributed by atoms with Crippen LogP contribution in [0.15, 0.2) is 57.3 Å². The van der Waals surface area contributed by atoms with Crippen molar-refractivity contribution < 1.29 is 13.9 Å². The van der Waals surface area contributed by atoms with Crippen molar-refractivity contribution in [3.8, 4) is 5.75 Å². The molecule has 7 heteroatoms. The highest BCUT2D eigenvalue weighted by Crippen LogP contribution is 2.24. The van der Waals surface area contributed by atoms with Gasteiger partial charge in [0.05, 0.1) is 24.3 Å². The zero-order valence-electron chi connectivity index (χ0n) is 13.1. The topological polar surface area (TPSA) is 76.2 Å². The van der Waals surface area contributed by atoms with E-state index in [9.17, 15) is 4.79 Å². The second kappa shape index (κ2) is 7.83. The first kappa shape index (κ1) is 16.3. The molecule has 1 fully saturated rings. The molecule has 124 valence electrons. The average molecular weight is 343 g/mol. The van der Waals surface area contributed by atoms with E-state index in [2.05, 4.69) is 15.5 Å². The Kier molecular flexibility index (Phi) is 5.32. The van der Waals surface area contributed by atoms with E-state index in [-0.39, 0.29) is 11.2 Å². The van der Waals surface area contributed by atoms with Gasteiger partial charge < -0.3 is 14.5 Å². The van der Waals surface area contributed by atoms with Gasteiger partial charge in [0.2, 0.25) is 5.91 Å². The van der Waals surface area contributed by atoms with E-state index in [1.54, 1.807) is 18.4 Å². The number of hydrogen-bond acceptors (Lipinski definition) is 6. The minimum atomic E-state index is -0.208. The average Bonchev–Trinajstić information content (AvgIpc) is 3.20. The van der Waals surface area contributed by atoms with Crippen LogP contribution >= 0.6 is 11.8 Å². The Morgan fingerprint density at radius 3 is 2.88 bits per heavy atom. The summed E-state index contributed by atoms with van der Waals surface area (Å²) in [4.78, 5) is 12.0. The summed E-state index contributed by atoms with van der Waals surface area (Å²) in [7, 11) is 0. The number of carbonyl (C=O) groups is 1. The SMILES string of the molecule is CCOc1ccc(CC2SC(=NN=Cc3ccco3)NC2=O)cc1. The Labute approximate surface area is 144 Å². The summed E-state index contributed by atoms with van der Waals surface area (Å²) in [6.45, 7) is 2.58. The number of furan rings is 1. The third-order valence-corrected chi connectivity index (χ3v) is 4.38. The minimum Gasteiger partial charge on any atom is -0.494 e. The van der Waals surface area contributed by atoms with Crippen LogP contribution in [-0.4, -0.2) is 29.1 Å². The smallest absolute Gasteiger partial charge is 0.239 e. The van der Waals surface area contributed by atoms with Crippen molar-refractivity contribution in [2.75, 3.05) is 6.61 Å². The third-order valence-electron chi connectivity index (χ3n) is 3.31. The third kappa shape index (κ3) is 4.26. The standard InChI is InChI=1S/C17H17N3O3S/c1-2-22-13-7-5-12(6-8-13)10-15-16(21)19-17(24-15)20-18-11-14-4-3-9-23-14/h3-9,11,15H,2,10H2,1H3,(H,19,20,21). The highest BCUT2D eigenvalue weighted by molar-refractivity contribution is 8.15. The summed E-state index contributed by atoms with van der Waals surface area (Å²) in [5.74, 6) is 1.39. The lowest BCUT2D eigenvalue weighted by Gasteiger charge is -2.07. The summed E-state index contributed by atoms with van der Waals surface area (Å²) in [6.07, 6.45) is 3.69. The zero-order chi connectivity index (χ0) is 16.8. The molecular formula is C17H17N3O3S. The maximum atomic E-state index is 12.0. The quantitative estimate of drug-likeness (QED) is 0.646. The number of rotatable bonds is 6. The van der Waals surface area contributed by atoms with Crippen LogP contribution in [0.4, 0.5) is 0 Å². The molecule has 0 bridgehead atoms. The van der Waals surface area contributed by atoms with Crippen molar-refractivity contribution in [2.24, 2.45) is 10.2 Å². The summed E-state index contributed by atoms with van der Waals surface area (Å²) in [6, 6.07) is 11.3. The largest absolute Gasteiger partial charge is 0.494 e. The fraction of sp³-hybridized carbons (Fsp3) is 0.235. The molecule has 3 rings (SSSR count). The number of hydrogen-bond donors (Lipinski definition) is 1. The summed E-state index contributed by atoms with van der Waals surface area (Å²) < 4.78 is 10.5. The van der Waals surface area contributed by atoms with Crippen molar-refractivity contribution in [3.05, 3.63) is 54.0 Å². The first-order chi connectivity index (χ1) is 11.7. The Morgan fingerprint density at radius 2 is 2.17 bits per heavy atom. The van der Waals surface area contributed by atoms with Crippen molar-refractivity contribution in [3.63, 3.8) is 0 Å². The molecule has 1 aliphatic rings. The van der Waals surface area contributed by atoms with Crippen molar-refractivity contribution in [2.45, 2.75) is 18.6 Å². The van der Waals surface area contributed by atoms with Gasteiger partial charge in [-0.2, -0.15) is 5.10 Å². The monoisotopic (exact) mass is 343 g/mol. The maximum absolute atomic E-state index is 12.0. The van der Waals surface area contributed by atoms with Crippen LogP contribution in [0.1, 0.15) is 18.2 Å². The van der Waals surface area contributed by atoms with Gasteiger partial charge in [-0.1, -0.05) is 23.9 Å². The Balaban J connectivity index is 1.58.